The van der Waals surface area contributed by atoms with Crippen LogP contribution in [-0.4, -0.2) is 75.4 Å². The van der Waals surface area contributed by atoms with E-state index in [1.54, 1.807) is 36.4 Å². The first-order chi connectivity index (χ1) is 20.0. The van der Waals surface area contributed by atoms with Crippen molar-refractivity contribution in [1.29, 1.82) is 5.41 Å². The molecule has 3 aliphatic rings. The van der Waals surface area contributed by atoms with Crippen molar-refractivity contribution in [2.45, 2.75) is 60.5 Å². The number of ether oxygens (including phenoxy) is 5. The van der Waals surface area contributed by atoms with Crippen molar-refractivity contribution in [2.75, 3.05) is 6.61 Å². The Morgan fingerprint density at radius 2 is 1.57 bits per heavy atom. The van der Waals surface area contributed by atoms with Crippen molar-refractivity contribution < 1.29 is 42.9 Å². The summed E-state index contributed by atoms with van der Waals surface area (Å²) in [6, 6.07) is 13.6. The quantitative estimate of drug-likeness (QED) is 0.156. The third-order valence-electron chi connectivity index (χ3n) is 6.94. The van der Waals surface area contributed by atoms with Crippen LogP contribution in [0.4, 0.5) is 0 Å². The van der Waals surface area contributed by atoms with E-state index in [2.05, 4.69) is 0 Å². The number of imide groups is 1. The van der Waals surface area contributed by atoms with Crippen molar-refractivity contribution in [3.05, 3.63) is 71.3 Å². The SMILES string of the molecule is CC(=O)CCC(=O)O[C@H]1[C@@H]2O[C@H](c3ccccc3)OC[C@H]2OC(OC(=N)C(Cl)(Cl)Cl)[C@@H]1N1C(=O)c2ccccc2C1=O. The molecule has 14 heteroatoms. The van der Waals surface area contributed by atoms with Crippen LogP contribution in [0.1, 0.15) is 52.3 Å². The van der Waals surface area contributed by atoms with Gasteiger partial charge in [0, 0.05) is 12.0 Å². The molecule has 0 aliphatic carbocycles. The molecule has 0 bridgehead atoms. The highest BCUT2D eigenvalue weighted by molar-refractivity contribution is 6.76. The van der Waals surface area contributed by atoms with Gasteiger partial charge in [0.1, 0.15) is 24.0 Å². The Bertz CT molecular complexity index is 1370. The Morgan fingerprint density at radius 1 is 0.952 bits per heavy atom. The topological polar surface area (TPSA) is 142 Å². The van der Waals surface area contributed by atoms with Gasteiger partial charge in [0.25, 0.3) is 15.6 Å². The van der Waals surface area contributed by atoms with Gasteiger partial charge < -0.3 is 28.5 Å². The predicted octanol–water partition coefficient (Wildman–Crippen LogP) is 4.14. The van der Waals surface area contributed by atoms with Gasteiger partial charge in [0.15, 0.2) is 12.4 Å². The van der Waals surface area contributed by atoms with Gasteiger partial charge >= 0.3 is 5.97 Å². The second-order valence-corrected chi connectivity index (χ2v) is 12.1. The molecule has 2 aromatic carbocycles. The lowest BCUT2D eigenvalue weighted by Gasteiger charge is -2.50. The molecule has 222 valence electrons. The van der Waals surface area contributed by atoms with Crippen molar-refractivity contribution >= 4 is 64.3 Å². The summed E-state index contributed by atoms with van der Waals surface area (Å²) in [6.07, 6.45) is -6.35. The molecule has 0 radical (unpaired) electrons. The van der Waals surface area contributed by atoms with Crippen LogP contribution in [0.5, 0.6) is 0 Å². The number of alkyl halides is 3. The summed E-state index contributed by atoms with van der Waals surface area (Å²) < 4.78 is 27.4. The largest absolute Gasteiger partial charge is 0.457 e. The van der Waals surface area contributed by atoms with E-state index in [9.17, 15) is 19.2 Å². The van der Waals surface area contributed by atoms with E-state index in [4.69, 9.17) is 63.9 Å². The van der Waals surface area contributed by atoms with Gasteiger partial charge in [-0.3, -0.25) is 24.7 Å². The fraction of sp³-hybridized carbons (Fsp3) is 0.393. The third-order valence-corrected chi connectivity index (χ3v) is 7.46. The molecule has 2 amide bonds. The van der Waals surface area contributed by atoms with Gasteiger partial charge in [-0.25, -0.2) is 0 Å². The van der Waals surface area contributed by atoms with Crippen LogP contribution in [-0.2, 0) is 33.3 Å². The number of esters is 1. The van der Waals surface area contributed by atoms with Crippen LogP contribution in [0.3, 0.4) is 0 Å². The number of benzene rings is 2. The molecule has 1 unspecified atom stereocenters. The summed E-state index contributed by atoms with van der Waals surface area (Å²) in [4.78, 5) is 52.7. The van der Waals surface area contributed by atoms with Gasteiger partial charge in [-0.05, 0) is 19.1 Å². The minimum Gasteiger partial charge on any atom is -0.457 e. The van der Waals surface area contributed by atoms with E-state index in [0.717, 1.165) is 4.90 Å². The second kappa shape index (κ2) is 12.3. The molecule has 0 aromatic heterocycles. The molecule has 6 atom stereocenters. The number of amides is 2. The van der Waals surface area contributed by atoms with Gasteiger partial charge in [-0.1, -0.05) is 77.3 Å². The van der Waals surface area contributed by atoms with Crippen LogP contribution in [0.2, 0.25) is 0 Å². The maximum Gasteiger partial charge on any atom is 0.306 e. The zero-order chi connectivity index (χ0) is 30.2. The smallest absolute Gasteiger partial charge is 0.306 e. The molecule has 2 fully saturated rings. The Kier molecular flexibility index (Phi) is 8.89. The molecule has 11 nitrogen and oxygen atoms in total. The fourth-order valence-electron chi connectivity index (χ4n) is 4.99. The number of nitrogens with one attached hydrogen (secondary N) is 1. The van der Waals surface area contributed by atoms with E-state index in [1.807, 2.05) is 6.07 Å². The minimum absolute atomic E-state index is 0.0818. The van der Waals surface area contributed by atoms with Gasteiger partial charge in [0.2, 0.25) is 12.2 Å². The molecule has 42 heavy (non-hydrogen) atoms. The molecule has 3 heterocycles. The Hall–Kier alpha value is -3.06. The number of hydrogen-bond donors (Lipinski definition) is 1. The van der Waals surface area contributed by atoms with E-state index in [-0.39, 0.29) is 36.4 Å². The molecular weight excluding hydrogens is 615 g/mol. The average Bonchev–Trinajstić information content (AvgIpc) is 3.21. The maximum atomic E-state index is 13.6. The van der Waals surface area contributed by atoms with Crippen LogP contribution < -0.4 is 0 Å². The fourth-order valence-corrected chi connectivity index (χ4v) is 5.13. The highest BCUT2D eigenvalue weighted by Crippen LogP contribution is 2.41. The van der Waals surface area contributed by atoms with Crippen LogP contribution in [0, 0.1) is 5.41 Å². The van der Waals surface area contributed by atoms with Gasteiger partial charge in [-0.15, -0.1) is 0 Å². The number of carbonyl (C=O) groups excluding carboxylic acids is 4. The first-order valence-electron chi connectivity index (χ1n) is 12.9. The normalized spacial score (nSPS) is 27.2. The summed E-state index contributed by atoms with van der Waals surface area (Å²) in [5, 5.41) is 8.17. The Balaban J connectivity index is 1.56. The number of rotatable bonds is 7. The number of Topliss-reactive ketones (excluding diaryl/α,β-unsaturated/α-hetero) is 1. The number of ketones is 1. The van der Waals surface area contributed by atoms with E-state index >= 15 is 0 Å². The molecule has 1 N–H and O–H groups in total. The third kappa shape index (κ3) is 6.17. The van der Waals surface area contributed by atoms with Gasteiger partial charge in [-0.2, -0.15) is 0 Å². The second-order valence-electron chi connectivity index (χ2n) is 9.84. The molecule has 2 saturated heterocycles. The number of halogens is 3. The highest BCUT2D eigenvalue weighted by atomic mass is 35.6. The lowest BCUT2D eigenvalue weighted by molar-refractivity contribution is -0.341. The zero-order valence-corrected chi connectivity index (χ0v) is 24.3. The Labute approximate surface area is 255 Å². The van der Waals surface area contributed by atoms with Crippen molar-refractivity contribution in [3.8, 4) is 0 Å². The van der Waals surface area contributed by atoms with Crippen LogP contribution in [0.15, 0.2) is 54.6 Å². The summed E-state index contributed by atoms with van der Waals surface area (Å²) >= 11 is 17.6. The van der Waals surface area contributed by atoms with Gasteiger partial charge in [0.05, 0.1) is 24.2 Å². The monoisotopic (exact) mass is 638 g/mol. The first kappa shape index (κ1) is 30.4. The van der Waals surface area contributed by atoms with Crippen LogP contribution >= 0.6 is 34.8 Å². The number of fused-ring (bicyclic) bond motifs is 2. The van der Waals surface area contributed by atoms with E-state index in [0.29, 0.717) is 5.56 Å². The first-order valence-corrected chi connectivity index (χ1v) is 14.0. The summed E-state index contributed by atoms with van der Waals surface area (Å²) in [7, 11) is 0. The standard InChI is InChI=1S/C28H25Cl3N2O9/c1-14(34)11-12-19(35)40-22-20(33-23(36)16-9-5-6-10-17(16)24(33)37)26(42-27(32)28(29,30)31)39-18-13-38-25(41-21(18)22)15-7-3-2-4-8-15/h2-10,18,20-22,25-26,32H,11-13H2,1H3/t18-,20-,21-,22-,25-,26?/m1/s1. The summed E-state index contributed by atoms with van der Waals surface area (Å²) in [5.74, 6) is -3.32. The summed E-state index contributed by atoms with van der Waals surface area (Å²) in [5.41, 5.74) is 0.874. The lowest BCUT2D eigenvalue weighted by atomic mass is 9.94. The molecule has 0 spiro atoms. The Morgan fingerprint density at radius 3 is 2.17 bits per heavy atom. The van der Waals surface area contributed by atoms with E-state index in [1.165, 1.54) is 19.1 Å². The molecule has 3 aliphatic heterocycles. The molecule has 5 rings (SSSR count). The highest BCUT2D eigenvalue weighted by Gasteiger charge is 2.59. The molecule has 2 aromatic rings. The summed E-state index contributed by atoms with van der Waals surface area (Å²) in [6.45, 7) is 1.25. The number of carbonyl (C=O) groups is 4. The number of hydrogen-bond acceptors (Lipinski definition) is 10. The molecule has 0 saturated carbocycles. The zero-order valence-electron chi connectivity index (χ0n) is 22.0. The minimum atomic E-state index is -2.32. The van der Waals surface area contributed by atoms with Crippen molar-refractivity contribution in [2.24, 2.45) is 0 Å². The number of nitrogens with zero attached hydrogens (tertiary/aromatic N) is 1. The van der Waals surface area contributed by atoms with E-state index < -0.39 is 64.4 Å². The van der Waals surface area contributed by atoms with Crippen molar-refractivity contribution in [1.82, 2.24) is 4.90 Å². The average molecular weight is 640 g/mol. The predicted molar refractivity (Wildman–Crippen MR) is 148 cm³/mol. The lowest BCUT2D eigenvalue weighted by Crippen LogP contribution is -2.69. The van der Waals surface area contributed by atoms with Crippen molar-refractivity contribution in [3.63, 3.8) is 0 Å². The van der Waals surface area contributed by atoms with Crippen LogP contribution in [0.25, 0.3) is 0 Å². The molecular formula is C28H25Cl3N2O9. The maximum absolute atomic E-state index is 13.6.